The van der Waals surface area contributed by atoms with Gasteiger partial charge in [-0.3, -0.25) is 14.8 Å². The van der Waals surface area contributed by atoms with Crippen molar-refractivity contribution in [2.45, 2.75) is 31.3 Å². The normalized spacial score (nSPS) is 30.6. The maximum absolute atomic E-state index is 12.3. The Morgan fingerprint density at radius 1 is 1.48 bits per heavy atom. The molecule has 5 atom stereocenters. The lowest BCUT2D eigenvalue weighted by Crippen LogP contribution is -2.44. The summed E-state index contributed by atoms with van der Waals surface area (Å²) in [6.45, 7) is 2.22. The predicted octanol–water partition coefficient (Wildman–Crippen LogP) is 3.81. The molecule has 0 aromatic heterocycles. The molecule has 2 fully saturated rings. The third-order valence-electron chi connectivity index (χ3n) is 5.77. The number of hydrazine groups is 1. The van der Waals surface area contributed by atoms with Crippen LogP contribution in [0.25, 0.3) is 5.70 Å². The van der Waals surface area contributed by atoms with Gasteiger partial charge in [-0.05, 0) is 44.2 Å². The first-order chi connectivity index (χ1) is 14.1. The largest absolute Gasteiger partial charge is 0.466 e. The second-order valence-electron chi connectivity index (χ2n) is 7.36. The monoisotopic (exact) mass is 474 g/mol. The molecule has 0 spiro atoms. The fourth-order valence-corrected chi connectivity index (χ4v) is 5.27. The summed E-state index contributed by atoms with van der Waals surface area (Å²) in [4.78, 5) is 17.3. The Morgan fingerprint density at radius 3 is 2.93 bits per heavy atom. The highest BCUT2D eigenvalue weighted by Crippen LogP contribution is 2.42. The lowest BCUT2D eigenvalue weighted by atomic mass is 9.70. The second kappa shape index (κ2) is 8.50. The maximum Gasteiger partial charge on any atom is 0.309 e. The van der Waals surface area contributed by atoms with Crippen molar-refractivity contribution in [3.05, 3.63) is 40.4 Å². The molecular formula is C21H23BrN4O2S. The van der Waals surface area contributed by atoms with E-state index in [9.17, 15) is 10.1 Å². The van der Waals surface area contributed by atoms with E-state index in [4.69, 9.17) is 9.73 Å². The van der Waals surface area contributed by atoms with Gasteiger partial charge in [0.25, 0.3) is 0 Å². The van der Waals surface area contributed by atoms with Crippen molar-refractivity contribution in [3.63, 3.8) is 0 Å². The molecule has 8 heteroatoms. The van der Waals surface area contributed by atoms with Crippen LogP contribution in [0, 0.1) is 29.1 Å². The number of aliphatic imine (C=N–C) groups is 1. The Hall–Kier alpha value is -1.82. The van der Waals surface area contributed by atoms with E-state index in [1.54, 1.807) is 11.8 Å². The van der Waals surface area contributed by atoms with E-state index in [0.717, 1.165) is 34.3 Å². The van der Waals surface area contributed by atoms with E-state index in [1.807, 2.05) is 30.3 Å². The van der Waals surface area contributed by atoms with Crippen LogP contribution in [0.2, 0.25) is 0 Å². The summed E-state index contributed by atoms with van der Waals surface area (Å²) >= 11 is 5.17. The average Bonchev–Trinajstić information content (AvgIpc) is 3.04. The van der Waals surface area contributed by atoms with Crippen LogP contribution >= 0.6 is 27.7 Å². The predicted molar refractivity (Wildman–Crippen MR) is 118 cm³/mol. The van der Waals surface area contributed by atoms with Gasteiger partial charge < -0.3 is 4.74 Å². The molecule has 6 nitrogen and oxygen atoms in total. The van der Waals surface area contributed by atoms with Gasteiger partial charge >= 0.3 is 5.97 Å². The van der Waals surface area contributed by atoms with Gasteiger partial charge in [0.15, 0.2) is 6.17 Å². The summed E-state index contributed by atoms with van der Waals surface area (Å²) in [7, 11) is 0. The first-order valence-electron chi connectivity index (χ1n) is 9.77. The number of benzene rings is 1. The van der Waals surface area contributed by atoms with Crippen molar-refractivity contribution in [1.29, 1.82) is 5.26 Å². The summed E-state index contributed by atoms with van der Waals surface area (Å²) < 4.78 is 6.25. The quantitative estimate of drug-likeness (QED) is 0.653. The third-order valence-corrected chi connectivity index (χ3v) is 7.17. The van der Waals surface area contributed by atoms with Crippen molar-refractivity contribution in [3.8, 4) is 6.07 Å². The highest BCUT2D eigenvalue weighted by Gasteiger charge is 2.47. The van der Waals surface area contributed by atoms with Crippen LogP contribution in [-0.2, 0) is 9.53 Å². The van der Waals surface area contributed by atoms with E-state index in [2.05, 4.69) is 45.6 Å². The van der Waals surface area contributed by atoms with Gasteiger partial charge in [0, 0.05) is 21.7 Å². The zero-order chi connectivity index (χ0) is 20.5. The van der Waals surface area contributed by atoms with Crippen molar-refractivity contribution >= 4 is 45.1 Å². The van der Waals surface area contributed by atoms with Crippen LogP contribution < -0.4 is 5.43 Å². The van der Waals surface area contributed by atoms with Crippen molar-refractivity contribution < 1.29 is 9.53 Å². The number of nitriles is 1. The molecule has 1 aromatic carbocycles. The van der Waals surface area contributed by atoms with E-state index in [0.29, 0.717) is 6.61 Å². The fraction of sp³-hybridized carbons (Fsp3) is 0.476. The number of allylic oxidation sites excluding steroid dienone is 1. The summed E-state index contributed by atoms with van der Waals surface area (Å²) in [6.07, 6.45) is 5.49. The van der Waals surface area contributed by atoms with Crippen LogP contribution in [-0.4, -0.2) is 41.1 Å². The first kappa shape index (κ1) is 20.5. The minimum atomic E-state index is -0.310. The Labute approximate surface area is 183 Å². The molecule has 2 heterocycles. The molecule has 152 valence electrons. The number of thioether (sulfide) groups is 1. The third kappa shape index (κ3) is 3.72. The number of esters is 1. The summed E-state index contributed by atoms with van der Waals surface area (Å²) in [5.74, 6) is -0.524. The Kier molecular flexibility index (Phi) is 6.00. The SMILES string of the molecule is CCOC(=O)C1CCC1C1=NC2C(C#N)C(SC)NN2C(c2cccc(Br)c2)=C1. The number of fused-ring (bicyclic) bond motifs is 1. The Balaban J connectivity index is 1.73. The second-order valence-corrected chi connectivity index (χ2v) is 9.26. The molecule has 4 rings (SSSR count). The zero-order valence-corrected chi connectivity index (χ0v) is 18.7. The number of halogens is 1. The van der Waals surface area contributed by atoms with Gasteiger partial charge in [0.1, 0.15) is 5.92 Å². The smallest absolute Gasteiger partial charge is 0.309 e. The van der Waals surface area contributed by atoms with Gasteiger partial charge in [0.2, 0.25) is 0 Å². The average molecular weight is 475 g/mol. The molecule has 1 aromatic rings. The molecule has 3 aliphatic rings. The Bertz CT molecular complexity index is 912. The van der Waals surface area contributed by atoms with Crippen LogP contribution in [0.4, 0.5) is 0 Å². The van der Waals surface area contributed by atoms with Crippen molar-refractivity contribution in [1.82, 2.24) is 10.4 Å². The lowest BCUT2D eigenvalue weighted by molar-refractivity contribution is -0.152. The molecule has 2 aliphatic heterocycles. The van der Waals surface area contributed by atoms with Gasteiger partial charge in [-0.1, -0.05) is 28.1 Å². The Morgan fingerprint density at radius 2 is 2.31 bits per heavy atom. The van der Waals surface area contributed by atoms with Crippen LogP contribution in [0.1, 0.15) is 25.3 Å². The molecular weight excluding hydrogens is 452 g/mol. The first-order valence-corrected chi connectivity index (χ1v) is 11.8. The van der Waals surface area contributed by atoms with Gasteiger partial charge in [-0.15, -0.1) is 11.8 Å². The summed E-state index contributed by atoms with van der Waals surface area (Å²) in [5, 5.41) is 11.8. The fourth-order valence-electron chi connectivity index (χ4n) is 4.15. The van der Waals surface area contributed by atoms with Crippen molar-refractivity contribution in [2.75, 3.05) is 12.9 Å². The number of hydrogen-bond donors (Lipinski definition) is 1. The number of hydrogen-bond acceptors (Lipinski definition) is 7. The molecule has 0 amide bonds. The van der Waals surface area contributed by atoms with E-state index in [-0.39, 0.29) is 35.3 Å². The van der Waals surface area contributed by atoms with E-state index >= 15 is 0 Å². The topological polar surface area (TPSA) is 77.7 Å². The molecule has 1 saturated carbocycles. The molecule has 1 aliphatic carbocycles. The number of nitrogens with one attached hydrogen (secondary N) is 1. The number of carbonyl (C=O) groups excluding carboxylic acids is 1. The maximum atomic E-state index is 12.3. The van der Waals surface area contributed by atoms with Crippen LogP contribution in [0.15, 0.2) is 39.8 Å². The number of rotatable bonds is 5. The molecule has 1 N–H and O–H groups in total. The lowest BCUT2D eigenvalue weighted by Gasteiger charge is -2.39. The summed E-state index contributed by atoms with van der Waals surface area (Å²) in [6, 6.07) is 10.5. The number of ether oxygens (including phenoxy) is 1. The molecule has 1 saturated heterocycles. The number of carbonyl (C=O) groups is 1. The molecule has 0 radical (unpaired) electrons. The van der Waals surface area contributed by atoms with Crippen LogP contribution in [0.5, 0.6) is 0 Å². The van der Waals surface area contributed by atoms with E-state index in [1.165, 1.54) is 0 Å². The van der Waals surface area contributed by atoms with Gasteiger partial charge in [0.05, 0.1) is 29.7 Å². The van der Waals surface area contributed by atoms with Crippen LogP contribution in [0.3, 0.4) is 0 Å². The zero-order valence-electron chi connectivity index (χ0n) is 16.3. The standard InChI is InChI=1S/C21H23BrN4O2S/c1-3-28-21(27)15-8-7-14(15)17-10-18(12-5-4-6-13(22)9-12)26-19(24-17)16(11-23)20(25-26)29-2/h4-6,9-10,14-16,19-20,25H,3,7-8H2,1-2H3. The molecule has 29 heavy (non-hydrogen) atoms. The van der Waals surface area contributed by atoms with Gasteiger partial charge in [-0.2, -0.15) is 5.26 Å². The summed E-state index contributed by atoms with van der Waals surface area (Å²) in [5.41, 5.74) is 6.37. The minimum Gasteiger partial charge on any atom is -0.466 e. The van der Waals surface area contributed by atoms with E-state index < -0.39 is 0 Å². The molecule has 0 bridgehead atoms. The highest BCUT2D eigenvalue weighted by molar-refractivity contribution is 9.10. The number of nitrogens with zero attached hydrogens (tertiary/aromatic N) is 3. The minimum absolute atomic E-state index is 0.0362. The van der Waals surface area contributed by atoms with Crippen molar-refractivity contribution in [2.24, 2.45) is 22.7 Å². The van der Waals surface area contributed by atoms with Gasteiger partial charge in [-0.25, -0.2) is 5.43 Å². The molecule has 5 unspecified atom stereocenters. The highest BCUT2D eigenvalue weighted by atomic mass is 79.9.